The Morgan fingerprint density at radius 3 is 2.62 bits per heavy atom. The van der Waals surface area contributed by atoms with Crippen molar-refractivity contribution in [3.8, 4) is 0 Å². The minimum atomic E-state index is -0.318. The van der Waals surface area contributed by atoms with Gasteiger partial charge in [-0.2, -0.15) is 0 Å². The molecule has 94 valence electrons. The zero-order valence-corrected chi connectivity index (χ0v) is 10.7. The molecular formula is C12H24N2O2. The van der Waals surface area contributed by atoms with Crippen molar-refractivity contribution < 1.29 is 9.53 Å². The van der Waals surface area contributed by atoms with E-state index in [0.29, 0.717) is 5.92 Å². The van der Waals surface area contributed by atoms with Gasteiger partial charge in [-0.1, -0.05) is 0 Å². The van der Waals surface area contributed by atoms with E-state index in [9.17, 15) is 4.79 Å². The highest BCUT2D eigenvalue weighted by Crippen LogP contribution is 2.14. The summed E-state index contributed by atoms with van der Waals surface area (Å²) in [5, 5.41) is 3.34. The van der Waals surface area contributed by atoms with E-state index in [2.05, 4.69) is 5.32 Å². The van der Waals surface area contributed by atoms with Crippen molar-refractivity contribution in [3.63, 3.8) is 0 Å². The third-order valence-electron chi connectivity index (χ3n) is 3.33. The van der Waals surface area contributed by atoms with Crippen LogP contribution in [-0.2, 0) is 9.53 Å². The maximum Gasteiger partial charge on any atom is 0.251 e. The lowest BCUT2D eigenvalue weighted by atomic mass is 9.97. The first kappa shape index (κ1) is 13.5. The second-order valence-electron chi connectivity index (χ2n) is 4.45. The van der Waals surface area contributed by atoms with Crippen LogP contribution in [0.2, 0.25) is 0 Å². The molecule has 0 aliphatic carbocycles. The van der Waals surface area contributed by atoms with Crippen LogP contribution in [0.15, 0.2) is 0 Å². The van der Waals surface area contributed by atoms with Crippen molar-refractivity contribution in [2.24, 2.45) is 5.92 Å². The minimum Gasteiger partial charge on any atom is -0.372 e. The maximum atomic E-state index is 12.0. The number of carbonyl (C=O) groups is 1. The average Bonchev–Trinajstić information content (AvgIpc) is 2.35. The van der Waals surface area contributed by atoms with Gasteiger partial charge in [0.2, 0.25) is 0 Å². The highest BCUT2D eigenvalue weighted by Gasteiger charge is 2.22. The van der Waals surface area contributed by atoms with Crippen molar-refractivity contribution in [2.45, 2.75) is 32.8 Å². The van der Waals surface area contributed by atoms with Gasteiger partial charge < -0.3 is 15.0 Å². The van der Waals surface area contributed by atoms with E-state index in [1.54, 1.807) is 7.11 Å². The number of piperidine rings is 1. The van der Waals surface area contributed by atoms with Crippen LogP contribution in [0.4, 0.5) is 0 Å². The first-order valence-electron chi connectivity index (χ1n) is 6.21. The number of nitrogens with one attached hydrogen (secondary N) is 1. The molecule has 1 amide bonds. The molecule has 16 heavy (non-hydrogen) atoms. The van der Waals surface area contributed by atoms with Gasteiger partial charge in [0.1, 0.15) is 6.10 Å². The lowest BCUT2D eigenvalue weighted by Crippen LogP contribution is -2.43. The largest absolute Gasteiger partial charge is 0.372 e. The number of carbonyl (C=O) groups excluding carboxylic acids is 1. The molecule has 1 fully saturated rings. The molecule has 0 aromatic heterocycles. The van der Waals surface area contributed by atoms with Crippen LogP contribution >= 0.6 is 0 Å². The standard InChI is InChI=1S/C12H24N2O2/c1-4-14(12(15)10(2)16-3)9-11-5-7-13-8-6-11/h10-11,13H,4-9H2,1-3H3. The second-order valence-corrected chi connectivity index (χ2v) is 4.45. The van der Waals surface area contributed by atoms with Crippen LogP contribution in [0.1, 0.15) is 26.7 Å². The fraction of sp³-hybridized carbons (Fsp3) is 0.917. The molecule has 1 aliphatic heterocycles. The zero-order valence-electron chi connectivity index (χ0n) is 10.7. The average molecular weight is 228 g/mol. The van der Waals surface area contributed by atoms with Crippen molar-refractivity contribution >= 4 is 5.91 Å². The lowest BCUT2D eigenvalue weighted by Gasteiger charge is -2.30. The fourth-order valence-corrected chi connectivity index (χ4v) is 2.11. The van der Waals surface area contributed by atoms with Crippen LogP contribution in [0.3, 0.4) is 0 Å². The van der Waals surface area contributed by atoms with E-state index < -0.39 is 0 Å². The van der Waals surface area contributed by atoms with E-state index >= 15 is 0 Å². The summed E-state index contributed by atoms with van der Waals surface area (Å²) in [7, 11) is 1.58. The number of ether oxygens (including phenoxy) is 1. The number of nitrogens with zero attached hydrogens (tertiary/aromatic N) is 1. The Balaban J connectivity index is 2.43. The molecule has 4 heteroatoms. The smallest absolute Gasteiger partial charge is 0.251 e. The van der Waals surface area contributed by atoms with Crippen LogP contribution in [0, 0.1) is 5.92 Å². The third kappa shape index (κ3) is 3.76. The summed E-state index contributed by atoms with van der Waals surface area (Å²) in [5.41, 5.74) is 0. The molecular weight excluding hydrogens is 204 g/mol. The third-order valence-corrected chi connectivity index (χ3v) is 3.33. The maximum absolute atomic E-state index is 12.0. The second kappa shape index (κ2) is 6.86. The highest BCUT2D eigenvalue weighted by atomic mass is 16.5. The summed E-state index contributed by atoms with van der Waals surface area (Å²) in [6, 6.07) is 0. The van der Waals surface area contributed by atoms with Crippen molar-refractivity contribution in [1.29, 1.82) is 0 Å². The summed E-state index contributed by atoms with van der Waals surface area (Å²) in [6.07, 6.45) is 2.03. The topological polar surface area (TPSA) is 41.6 Å². The van der Waals surface area contributed by atoms with E-state index in [1.165, 1.54) is 12.8 Å². The number of likely N-dealkylation sites (N-methyl/N-ethyl adjacent to an activating group) is 1. The molecule has 0 aromatic carbocycles. The molecule has 4 nitrogen and oxygen atoms in total. The van der Waals surface area contributed by atoms with E-state index in [0.717, 1.165) is 26.2 Å². The molecule has 0 saturated carbocycles. The predicted molar refractivity (Wildman–Crippen MR) is 64.3 cm³/mol. The molecule has 0 radical (unpaired) electrons. The van der Waals surface area contributed by atoms with Gasteiger partial charge in [-0.3, -0.25) is 4.79 Å². The molecule has 1 heterocycles. The monoisotopic (exact) mass is 228 g/mol. The molecule has 0 spiro atoms. The van der Waals surface area contributed by atoms with Gasteiger partial charge in [0.15, 0.2) is 0 Å². The van der Waals surface area contributed by atoms with E-state index in [1.807, 2.05) is 18.7 Å². The Hall–Kier alpha value is -0.610. The van der Waals surface area contributed by atoms with Gasteiger partial charge in [0.25, 0.3) is 5.91 Å². The van der Waals surface area contributed by atoms with E-state index in [4.69, 9.17) is 4.74 Å². The summed E-state index contributed by atoms with van der Waals surface area (Å²) < 4.78 is 5.08. The SMILES string of the molecule is CCN(CC1CCNCC1)C(=O)C(C)OC. The quantitative estimate of drug-likeness (QED) is 0.759. The molecule has 0 bridgehead atoms. The number of hydrogen-bond donors (Lipinski definition) is 1. The molecule has 1 aliphatic rings. The zero-order chi connectivity index (χ0) is 12.0. The Bertz CT molecular complexity index is 215. The molecule has 1 unspecified atom stereocenters. The van der Waals surface area contributed by atoms with Gasteiger partial charge in [0.05, 0.1) is 0 Å². The van der Waals surface area contributed by atoms with Crippen molar-refractivity contribution in [3.05, 3.63) is 0 Å². The first-order valence-corrected chi connectivity index (χ1v) is 6.21. The normalized spacial score (nSPS) is 19.4. The molecule has 1 saturated heterocycles. The van der Waals surface area contributed by atoms with Gasteiger partial charge in [-0.25, -0.2) is 0 Å². The van der Waals surface area contributed by atoms with E-state index in [-0.39, 0.29) is 12.0 Å². The van der Waals surface area contributed by atoms with Gasteiger partial charge >= 0.3 is 0 Å². The number of hydrogen-bond acceptors (Lipinski definition) is 3. The van der Waals surface area contributed by atoms with Crippen molar-refractivity contribution in [1.82, 2.24) is 10.2 Å². The summed E-state index contributed by atoms with van der Waals surface area (Å²) in [6.45, 7) is 7.66. The van der Waals surface area contributed by atoms with Crippen LogP contribution in [-0.4, -0.2) is 50.2 Å². The Morgan fingerprint density at radius 2 is 2.12 bits per heavy atom. The fourth-order valence-electron chi connectivity index (χ4n) is 2.11. The Kier molecular flexibility index (Phi) is 5.77. The van der Waals surface area contributed by atoms with Gasteiger partial charge in [-0.05, 0) is 45.7 Å². The summed E-state index contributed by atoms with van der Waals surface area (Å²) in [5.74, 6) is 0.762. The van der Waals surface area contributed by atoms with Crippen LogP contribution in [0.5, 0.6) is 0 Å². The first-order chi connectivity index (χ1) is 7.69. The van der Waals surface area contributed by atoms with Gasteiger partial charge in [-0.15, -0.1) is 0 Å². The highest BCUT2D eigenvalue weighted by molar-refractivity contribution is 5.80. The Labute approximate surface area is 98.3 Å². The minimum absolute atomic E-state index is 0.114. The molecule has 1 rings (SSSR count). The predicted octanol–water partition coefficient (Wildman–Crippen LogP) is 0.869. The Morgan fingerprint density at radius 1 is 1.50 bits per heavy atom. The number of rotatable bonds is 5. The van der Waals surface area contributed by atoms with Crippen LogP contribution < -0.4 is 5.32 Å². The number of amides is 1. The van der Waals surface area contributed by atoms with Crippen molar-refractivity contribution in [2.75, 3.05) is 33.3 Å². The number of methoxy groups -OCH3 is 1. The summed E-state index contributed by atoms with van der Waals surface area (Å²) in [4.78, 5) is 13.9. The molecule has 1 N–H and O–H groups in total. The van der Waals surface area contributed by atoms with Gasteiger partial charge in [0, 0.05) is 20.2 Å². The lowest BCUT2D eigenvalue weighted by molar-refractivity contribution is -0.141. The molecule has 0 aromatic rings. The molecule has 1 atom stereocenters. The summed E-state index contributed by atoms with van der Waals surface area (Å²) >= 11 is 0. The van der Waals surface area contributed by atoms with Crippen LogP contribution in [0.25, 0.3) is 0 Å².